The number of aryl methyl sites for hydroxylation is 1. The molecule has 1 aromatic heterocycles. The molecule has 0 saturated carbocycles. The van der Waals surface area contributed by atoms with Crippen LogP contribution in [-0.4, -0.2) is 29.7 Å². The standard InChI is InChI=1S/C13H14N2O5/c1-19-10-5-8-9(6-11(10)20-2)14-7-15(13(8)18)4-3-12(16)17/h5-7H,3-4H2,1-2H3,(H,16,17)/p-1. The second-order valence-electron chi connectivity index (χ2n) is 4.09. The van der Waals surface area contributed by atoms with E-state index in [2.05, 4.69) is 4.98 Å². The summed E-state index contributed by atoms with van der Waals surface area (Å²) in [6.07, 6.45) is 1.06. The van der Waals surface area contributed by atoms with Gasteiger partial charge in [0, 0.05) is 25.0 Å². The lowest BCUT2D eigenvalue weighted by Gasteiger charge is -2.10. The molecule has 1 aromatic carbocycles. The molecule has 0 radical (unpaired) electrons. The second-order valence-corrected chi connectivity index (χ2v) is 4.09. The Bertz CT molecular complexity index is 708. The molecule has 7 heteroatoms. The third kappa shape index (κ3) is 2.56. The number of aromatic nitrogens is 2. The minimum absolute atomic E-state index is 0.0124. The molecule has 0 amide bonds. The number of carboxylic acid groups (broad SMARTS) is 1. The van der Waals surface area contributed by atoms with Crippen LogP contribution in [-0.2, 0) is 11.3 Å². The van der Waals surface area contributed by atoms with Crippen LogP contribution in [0.3, 0.4) is 0 Å². The number of methoxy groups -OCH3 is 2. The molecule has 0 N–H and O–H groups in total. The Morgan fingerprint density at radius 1 is 1.30 bits per heavy atom. The Labute approximate surface area is 114 Å². The lowest BCUT2D eigenvalue weighted by atomic mass is 10.2. The Morgan fingerprint density at radius 2 is 1.95 bits per heavy atom. The second kappa shape index (κ2) is 5.60. The molecule has 0 saturated heterocycles. The van der Waals surface area contributed by atoms with E-state index < -0.39 is 5.97 Å². The van der Waals surface area contributed by atoms with Crippen LogP contribution in [0.1, 0.15) is 6.42 Å². The zero-order chi connectivity index (χ0) is 14.7. The molecule has 0 aliphatic heterocycles. The average molecular weight is 277 g/mol. The largest absolute Gasteiger partial charge is 0.550 e. The Morgan fingerprint density at radius 3 is 2.55 bits per heavy atom. The maximum atomic E-state index is 12.2. The number of carboxylic acids is 1. The summed E-state index contributed by atoms with van der Waals surface area (Å²) in [4.78, 5) is 26.8. The molecular weight excluding hydrogens is 264 g/mol. The van der Waals surface area contributed by atoms with Gasteiger partial charge >= 0.3 is 0 Å². The van der Waals surface area contributed by atoms with Gasteiger partial charge < -0.3 is 19.4 Å². The van der Waals surface area contributed by atoms with Crippen LogP contribution in [0.5, 0.6) is 11.5 Å². The molecule has 0 aliphatic carbocycles. The quantitative estimate of drug-likeness (QED) is 0.735. The average Bonchev–Trinajstić information content (AvgIpc) is 2.45. The molecule has 20 heavy (non-hydrogen) atoms. The van der Waals surface area contributed by atoms with Gasteiger partial charge in [0.05, 0.1) is 31.4 Å². The fourth-order valence-corrected chi connectivity index (χ4v) is 1.86. The SMILES string of the molecule is COc1cc2ncn(CCC(=O)[O-])c(=O)c2cc1OC. The van der Waals surface area contributed by atoms with E-state index in [0.29, 0.717) is 22.4 Å². The molecule has 0 spiro atoms. The molecule has 0 unspecified atom stereocenters. The van der Waals surface area contributed by atoms with Crippen molar-refractivity contribution in [1.29, 1.82) is 0 Å². The van der Waals surface area contributed by atoms with E-state index >= 15 is 0 Å². The lowest BCUT2D eigenvalue weighted by Crippen LogP contribution is -2.27. The van der Waals surface area contributed by atoms with Gasteiger partial charge in [-0.15, -0.1) is 0 Å². The van der Waals surface area contributed by atoms with E-state index in [4.69, 9.17) is 9.47 Å². The number of hydrogen-bond donors (Lipinski definition) is 0. The highest BCUT2D eigenvalue weighted by atomic mass is 16.5. The number of aliphatic carboxylic acids is 1. The summed E-state index contributed by atoms with van der Waals surface area (Å²) >= 11 is 0. The highest BCUT2D eigenvalue weighted by Gasteiger charge is 2.10. The van der Waals surface area contributed by atoms with Crippen LogP contribution < -0.4 is 20.1 Å². The topological polar surface area (TPSA) is 93.5 Å². The number of carbonyl (C=O) groups excluding carboxylic acids is 1. The van der Waals surface area contributed by atoms with Crippen molar-refractivity contribution in [1.82, 2.24) is 9.55 Å². The monoisotopic (exact) mass is 277 g/mol. The number of hydrogen-bond acceptors (Lipinski definition) is 6. The predicted molar refractivity (Wildman–Crippen MR) is 68.7 cm³/mol. The highest BCUT2D eigenvalue weighted by molar-refractivity contribution is 5.81. The van der Waals surface area contributed by atoms with Crippen molar-refractivity contribution in [3.63, 3.8) is 0 Å². The first kappa shape index (κ1) is 13.9. The van der Waals surface area contributed by atoms with Gasteiger partial charge in [-0.25, -0.2) is 4.98 Å². The molecule has 0 atom stereocenters. The number of carbonyl (C=O) groups is 1. The molecule has 0 fully saturated rings. The first-order valence-electron chi connectivity index (χ1n) is 5.88. The van der Waals surface area contributed by atoms with Crippen LogP contribution in [0, 0.1) is 0 Å². The van der Waals surface area contributed by atoms with Gasteiger partial charge in [-0.1, -0.05) is 0 Å². The van der Waals surface area contributed by atoms with Crippen LogP contribution in [0.15, 0.2) is 23.3 Å². The summed E-state index contributed by atoms with van der Waals surface area (Å²) in [5.74, 6) is -0.333. The van der Waals surface area contributed by atoms with Gasteiger partial charge in [0.25, 0.3) is 5.56 Å². The molecule has 0 aliphatic rings. The van der Waals surface area contributed by atoms with Crippen molar-refractivity contribution in [2.45, 2.75) is 13.0 Å². The van der Waals surface area contributed by atoms with Gasteiger partial charge in [-0.3, -0.25) is 9.36 Å². The minimum Gasteiger partial charge on any atom is -0.550 e. The fraction of sp³-hybridized carbons (Fsp3) is 0.308. The maximum Gasteiger partial charge on any atom is 0.261 e. The molecule has 2 rings (SSSR count). The Kier molecular flexibility index (Phi) is 3.88. The molecule has 2 aromatic rings. The normalized spacial score (nSPS) is 10.5. The number of nitrogens with zero attached hydrogens (tertiary/aromatic N) is 2. The number of rotatable bonds is 5. The third-order valence-corrected chi connectivity index (χ3v) is 2.89. The molecule has 0 bridgehead atoms. The van der Waals surface area contributed by atoms with Crippen LogP contribution in [0.25, 0.3) is 10.9 Å². The van der Waals surface area contributed by atoms with Crippen molar-refractivity contribution in [3.8, 4) is 11.5 Å². The van der Waals surface area contributed by atoms with Gasteiger partial charge in [0.2, 0.25) is 0 Å². The summed E-state index contributed by atoms with van der Waals surface area (Å²) in [5, 5.41) is 10.8. The summed E-state index contributed by atoms with van der Waals surface area (Å²) in [7, 11) is 2.96. The number of ether oxygens (including phenoxy) is 2. The lowest BCUT2D eigenvalue weighted by molar-refractivity contribution is -0.305. The summed E-state index contributed by atoms with van der Waals surface area (Å²) in [6.45, 7) is 0.0124. The minimum atomic E-state index is -1.22. The predicted octanol–water partition coefficient (Wildman–Crippen LogP) is -0.446. The molecular formula is C13H13N2O5-. The first-order valence-corrected chi connectivity index (χ1v) is 5.88. The van der Waals surface area contributed by atoms with Gasteiger partial charge in [-0.2, -0.15) is 0 Å². The Balaban J connectivity index is 2.54. The van der Waals surface area contributed by atoms with Crippen LogP contribution in [0.4, 0.5) is 0 Å². The molecule has 7 nitrogen and oxygen atoms in total. The van der Waals surface area contributed by atoms with Gasteiger partial charge in [0.15, 0.2) is 11.5 Å². The van der Waals surface area contributed by atoms with E-state index in [1.165, 1.54) is 31.2 Å². The summed E-state index contributed by atoms with van der Waals surface area (Å²) in [6, 6.07) is 3.12. The zero-order valence-electron chi connectivity index (χ0n) is 11.1. The Hall–Kier alpha value is -2.57. The van der Waals surface area contributed by atoms with E-state index in [-0.39, 0.29) is 18.5 Å². The van der Waals surface area contributed by atoms with Gasteiger partial charge in [-0.05, 0) is 6.07 Å². The van der Waals surface area contributed by atoms with Crippen molar-refractivity contribution >= 4 is 16.9 Å². The number of fused-ring (bicyclic) bond motifs is 1. The van der Waals surface area contributed by atoms with Crippen molar-refractivity contribution in [2.75, 3.05) is 14.2 Å². The van der Waals surface area contributed by atoms with E-state index in [1.807, 2.05) is 0 Å². The molecule has 106 valence electrons. The maximum absolute atomic E-state index is 12.2. The highest BCUT2D eigenvalue weighted by Crippen LogP contribution is 2.29. The summed E-state index contributed by atoms with van der Waals surface area (Å²) in [5.41, 5.74) is 0.120. The zero-order valence-corrected chi connectivity index (χ0v) is 11.1. The van der Waals surface area contributed by atoms with Crippen molar-refractivity contribution in [2.24, 2.45) is 0 Å². The van der Waals surface area contributed by atoms with Crippen molar-refractivity contribution in [3.05, 3.63) is 28.8 Å². The van der Waals surface area contributed by atoms with Crippen molar-refractivity contribution < 1.29 is 19.4 Å². The first-order chi connectivity index (χ1) is 9.56. The fourth-order valence-electron chi connectivity index (χ4n) is 1.86. The number of benzene rings is 1. The van der Waals surface area contributed by atoms with Gasteiger partial charge in [0.1, 0.15) is 0 Å². The van der Waals surface area contributed by atoms with E-state index in [1.54, 1.807) is 6.07 Å². The molecule has 1 heterocycles. The van der Waals surface area contributed by atoms with E-state index in [0.717, 1.165) is 0 Å². The third-order valence-electron chi connectivity index (χ3n) is 2.89. The van der Waals surface area contributed by atoms with E-state index in [9.17, 15) is 14.7 Å². The smallest absolute Gasteiger partial charge is 0.261 e. The van der Waals surface area contributed by atoms with Crippen LogP contribution in [0.2, 0.25) is 0 Å². The summed E-state index contributed by atoms with van der Waals surface area (Å²) < 4.78 is 11.5. The van der Waals surface area contributed by atoms with Crippen LogP contribution >= 0.6 is 0 Å².